The van der Waals surface area contributed by atoms with E-state index in [4.69, 9.17) is 4.74 Å². The van der Waals surface area contributed by atoms with Crippen LogP contribution in [-0.2, 0) is 13.2 Å². The van der Waals surface area contributed by atoms with Gasteiger partial charge in [-0.25, -0.2) is 0 Å². The number of hydrogen-bond acceptors (Lipinski definition) is 4. The molecule has 1 amide bonds. The first kappa shape index (κ1) is 24.8. The Kier molecular flexibility index (Phi) is 7.28. The third-order valence-corrected chi connectivity index (χ3v) is 7.96. The van der Waals surface area contributed by atoms with Gasteiger partial charge in [-0.2, -0.15) is 4.98 Å². The molecule has 0 bridgehead atoms. The lowest BCUT2D eigenvalue weighted by atomic mass is 9.83. The number of hydrogen-bond donors (Lipinski definition) is 0. The fourth-order valence-corrected chi connectivity index (χ4v) is 5.89. The molecule has 1 atom stereocenters. The summed E-state index contributed by atoms with van der Waals surface area (Å²) in [6.45, 7) is 5.38. The van der Waals surface area contributed by atoms with Crippen LogP contribution >= 0.6 is 15.9 Å². The van der Waals surface area contributed by atoms with Crippen LogP contribution in [0.25, 0.3) is 0 Å². The van der Waals surface area contributed by atoms with Crippen LogP contribution in [0.3, 0.4) is 0 Å². The number of amides is 1. The maximum atomic E-state index is 13.8. The highest BCUT2D eigenvalue weighted by molar-refractivity contribution is 9.10. The molecule has 1 fully saturated rings. The van der Waals surface area contributed by atoms with Gasteiger partial charge in [0, 0.05) is 29.5 Å². The molecule has 1 aromatic heterocycles. The summed E-state index contributed by atoms with van der Waals surface area (Å²) >= 11 is 3.54. The van der Waals surface area contributed by atoms with E-state index in [1.807, 2.05) is 65.8 Å². The van der Waals surface area contributed by atoms with Crippen LogP contribution in [0.4, 0.5) is 0 Å². The van der Waals surface area contributed by atoms with E-state index < -0.39 is 5.56 Å². The van der Waals surface area contributed by atoms with Crippen LogP contribution in [0.1, 0.15) is 72.9 Å². The molecule has 2 aliphatic rings. The van der Waals surface area contributed by atoms with Crippen molar-refractivity contribution in [1.29, 1.82) is 0 Å². The van der Waals surface area contributed by atoms with Crippen molar-refractivity contribution in [3.8, 4) is 5.75 Å². The average molecular weight is 550 g/mol. The summed E-state index contributed by atoms with van der Waals surface area (Å²) in [5.74, 6) is 0.908. The molecule has 1 saturated carbocycles. The molecular formula is C29H32BrN3O3. The van der Waals surface area contributed by atoms with E-state index in [0.717, 1.165) is 28.4 Å². The van der Waals surface area contributed by atoms with Crippen molar-refractivity contribution >= 4 is 21.8 Å². The van der Waals surface area contributed by atoms with Crippen LogP contribution in [0.15, 0.2) is 63.9 Å². The van der Waals surface area contributed by atoms with Gasteiger partial charge in [-0.1, -0.05) is 71.2 Å². The topological polar surface area (TPSA) is 64.4 Å². The van der Waals surface area contributed by atoms with E-state index >= 15 is 0 Å². The Hall–Kier alpha value is -2.93. The van der Waals surface area contributed by atoms with Crippen molar-refractivity contribution < 1.29 is 9.53 Å². The number of fused-ring (bicyclic) bond motifs is 1. The molecule has 0 N–H and O–H groups in total. The Morgan fingerprint density at radius 3 is 2.36 bits per heavy atom. The molecular weight excluding hydrogens is 518 g/mol. The largest absolute Gasteiger partial charge is 0.481 e. The number of ether oxygens (including phenoxy) is 1. The molecule has 1 aliphatic heterocycles. The Labute approximate surface area is 220 Å². The quantitative estimate of drug-likeness (QED) is 0.375. The fraction of sp³-hybridized carbons (Fsp3) is 0.414. The maximum absolute atomic E-state index is 13.8. The minimum absolute atomic E-state index is 0.0250. The van der Waals surface area contributed by atoms with Crippen LogP contribution in [-0.4, -0.2) is 32.9 Å². The van der Waals surface area contributed by atoms with Crippen LogP contribution < -0.4 is 10.3 Å². The fourth-order valence-electron chi connectivity index (χ4n) is 5.62. The van der Waals surface area contributed by atoms with Crippen molar-refractivity contribution in [3.05, 3.63) is 92.1 Å². The summed E-state index contributed by atoms with van der Waals surface area (Å²) in [4.78, 5) is 33.8. The molecule has 0 spiro atoms. The summed E-state index contributed by atoms with van der Waals surface area (Å²) in [5, 5.41) is 0. The molecule has 1 unspecified atom stereocenters. The first-order valence-corrected chi connectivity index (χ1v) is 13.6. The van der Waals surface area contributed by atoms with Crippen LogP contribution in [0.5, 0.6) is 5.75 Å². The third-order valence-electron chi connectivity index (χ3n) is 7.43. The Morgan fingerprint density at radius 1 is 1.00 bits per heavy atom. The van der Waals surface area contributed by atoms with Gasteiger partial charge in [-0.15, -0.1) is 0 Å². The first-order valence-electron chi connectivity index (χ1n) is 12.8. The number of halogens is 1. The second-order valence-electron chi connectivity index (χ2n) is 10.0. The predicted molar refractivity (Wildman–Crippen MR) is 143 cm³/mol. The molecule has 2 aromatic carbocycles. The molecule has 0 saturated heterocycles. The van der Waals surface area contributed by atoms with Crippen molar-refractivity contribution in [1.82, 2.24) is 14.5 Å². The Bertz CT molecular complexity index is 1280. The standard InChI is InChI=1S/C29H32BrN3O3/c1-19(2)32-16-17-33-25(29(32)35)26(36-18-20-8-4-3-5-9-20)28(34)31-27(33)24(21-10-6-7-11-21)22-12-14-23(30)15-13-22/h3-5,8-9,12-15,19,21,24H,6-7,10-11,16-18H2,1-2H3. The lowest BCUT2D eigenvalue weighted by molar-refractivity contribution is 0.0633. The molecule has 1 aliphatic carbocycles. The summed E-state index contributed by atoms with van der Waals surface area (Å²) < 4.78 is 9.04. The van der Waals surface area contributed by atoms with Gasteiger partial charge >= 0.3 is 5.56 Å². The molecule has 6 nitrogen and oxygen atoms in total. The molecule has 5 rings (SSSR count). The zero-order valence-corrected chi connectivity index (χ0v) is 22.4. The van der Waals surface area contributed by atoms with E-state index in [-0.39, 0.29) is 30.2 Å². The van der Waals surface area contributed by atoms with Crippen LogP contribution in [0.2, 0.25) is 0 Å². The van der Waals surface area contributed by atoms with E-state index in [2.05, 4.69) is 33.0 Å². The van der Waals surface area contributed by atoms with Gasteiger partial charge in [0.05, 0.1) is 0 Å². The van der Waals surface area contributed by atoms with E-state index in [0.29, 0.717) is 30.5 Å². The lowest BCUT2D eigenvalue weighted by Gasteiger charge is -2.36. The first-order chi connectivity index (χ1) is 17.4. The second-order valence-corrected chi connectivity index (χ2v) is 11.0. The van der Waals surface area contributed by atoms with Crippen molar-refractivity contribution in [3.63, 3.8) is 0 Å². The number of rotatable bonds is 7. The van der Waals surface area contributed by atoms with Crippen molar-refractivity contribution in [2.75, 3.05) is 6.54 Å². The summed E-state index contributed by atoms with van der Waals surface area (Å²) in [5.41, 5.74) is 1.93. The maximum Gasteiger partial charge on any atom is 0.316 e. The van der Waals surface area contributed by atoms with Gasteiger partial charge in [0.15, 0.2) is 5.69 Å². The molecule has 7 heteroatoms. The van der Waals surface area contributed by atoms with Gasteiger partial charge in [-0.05, 0) is 55.9 Å². The summed E-state index contributed by atoms with van der Waals surface area (Å²) in [7, 11) is 0. The monoisotopic (exact) mass is 549 g/mol. The SMILES string of the molecule is CC(C)N1CCn2c(C(c3ccc(Br)cc3)C3CCCC3)nc(=O)c(OCc3ccccc3)c2C1=O. The van der Waals surface area contributed by atoms with Crippen molar-refractivity contribution in [2.45, 2.75) is 64.6 Å². The average Bonchev–Trinajstić information content (AvgIpc) is 3.40. The Morgan fingerprint density at radius 2 is 1.69 bits per heavy atom. The predicted octanol–water partition coefficient (Wildman–Crippen LogP) is 5.77. The second kappa shape index (κ2) is 10.6. The lowest BCUT2D eigenvalue weighted by Crippen LogP contribution is -2.47. The van der Waals surface area contributed by atoms with Gasteiger partial charge in [-0.3, -0.25) is 9.59 Å². The van der Waals surface area contributed by atoms with E-state index in [9.17, 15) is 9.59 Å². The summed E-state index contributed by atoms with van der Waals surface area (Å²) in [6.07, 6.45) is 4.52. The molecule has 3 aromatic rings. The van der Waals surface area contributed by atoms with Crippen LogP contribution in [0, 0.1) is 5.92 Å². The zero-order valence-electron chi connectivity index (χ0n) is 20.8. The number of nitrogens with zero attached hydrogens (tertiary/aromatic N) is 3. The molecule has 2 heterocycles. The highest BCUT2D eigenvalue weighted by atomic mass is 79.9. The summed E-state index contributed by atoms with van der Waals surface area (Å²) in [6, 6.07) is 18.0. The molecule has 36 heavy (non-hydrogen) atoms. The number of carbonyl (C=O) groups excluding carboxylic acids is 1. The number of carbonyl (C=O) groups is 1. The highest BCUT2D eigenvalue weighted by Gasteiger charge is 2.37. The van der Waals surface area contributed by atoms with Gasteiger partial charge in [0.1, 0.15) is 12.4 Å². The van der Waals surface area contributed by atoms with E-state index in [1.165, 1.54) is 12.8 Å². The zero-order chi connectivity index (χ0) is 25.2. The van der Waals surface area contributed by atoms with Crippen molar-refractivity contribution in [2.24, 2.45) is 5.92 Å². The van der Waals surface area contributed by atoms with E-state index in [1.54, 1.807) is 0 Å². The highest BCUT2D eigenvalue weighted by Crippen LogP contribution is 2.42. The van der Waals surface area contributed by atoms with Gasteiger partial charge in [0.25, 0.3) is 5.91 Å². The number of aromatic nitrogens is 2. The number of benzene rings is 2. The Balaban J connectivity index is 1.65. The molecule has 188 valence electrons. The van der Waals surface area contributed by atoms with Gasteiger partial charge < -0.3 is 14.2 Å². The minimum Gasteiger partial charge on any atom is -0.481 e. The van der Waals surface area contributed by atoms with Gasteiger partial charge in [0.2, 0.25) is 5.75 Å². The minimum atomic E-state index is -0.466. The third kappa shape index (κ3) is 4.85. The normalized spacial score (nSPS) is 16.9. The molecule has 0 radical (unpaired) electrons. The smallest absolute Gasteiger partial charge is 0.316 e.